The molecule has 1 aliphatic rings. The number of aliphatic hydroxyl groups excluding tert-OH is 3. The summed E-state index contributed by atoms with van der Waals surface area (Å²) in [5.74, 6) is -3.22. The Bertz CT molecular complexity index is 535. The average Bonchev–Trinajstić information content (AvgIpc) is 2.49. The zero-order chi connectivity index (χ0) is 16.4. The van der Waals surface area contributed by atoms with E-state index in [0.29, 0.717) is 0 Å². The SMILES string of the molecule is O=C(O[C@H]1CO[C@H](CO)[C@@H](O)[C@@H]1O)c1cc(O)c(O)c(O)c1. The maximum absolute atomic E-state index is 11.9. The smallest absolute Gasteiger partial charge is 0.338 e. The Morgan fingerprint density at radius 2 is 1.77 bits per heavy atom. The second kappa shape index (κ2) is 6.36. The van der Waals surface area contributed by atoms with Gasteiger partial charge < -0.3 is 40.1 Å². The highest BCUT2D eigenvalue weighted by molar-refractivity contribution is 5.91. The van der Waals surface area contributed by atoms with Gasteiger partial charge in [-0.15, -0.1) is 0 Å². The molecule has 0 amide bonds. The fraction of sp³-hybridized carbons (Fsp3) is 0.462. The van der Waals surface area contributed by atoms with E-state index in [0.717, 1.165) is 12.1 Å². The Balaban J connectivity index is 2.09. The van der Waals surface area contributed by atoms with Gasteiger partial charge in [-0.3, -0.25) is 0 Å². The summed E-state index contributed by atoms with van der Waals surface area (Å²) >= 11 is 0. The van der Waals surface area contributed by atoms with Crippen LogP contribution in [0.25, 0.3) is 0 Å². The first-order valence-electron chi connectivity index (χ1n) is 6.39. The van der Waals surface area contributed by atoms with Crippen molar-refractivity contribution >= 4 is 5.97 Å². The lowest BCUT2D eigenvalue weighted by molar-refractivity contribution is -0.195. The monoisotopic (exact) mass is 316 g/mol. The van der Waals surface area contributed by atoms with Crippen molar-refractivity contribution in [1.82, 2.24) is 0 Å². The number of phenols is 3. The summed E-state index contributed by atoms with van der Waals surface area (Å²) < 4.78 is 9.99. The predicted molar refractivity (Wildman–Crippen MR) is 69.5 cm³/mol. The number of carbonyl (C=O) groups excluding carboxylic acids is 1. The summed E-state index contributed by atoms with van der Waals surface area (Å²) in [7, 11) is 0. The molecule has 1 aromatic carbocycles. The molecule has 0 unspecified atom stereocenters. The minimum Gasteiger partial charge on any atom is -0.504 e. The zero-order valence-corrected chi connectivity index (χ0v) is 11.3. The average molecular weight is 316 g/mol. The third-order valence-corrected chi connectivity index (χ3v) is 3.33. The fourth-order valence-electron chi connectivity index (χ4n) is 2.05. The summed E-state index contributed by atoms with van der Waals surface area (Å²) in [6.07, 6.45) is -5.07. The molecule has 1 saturated heterocycles. The summed E-state index contributed by atoms with van der Waals surface area (Å²) in [5, 5.41) is 56.3. The third-order valence-electron chi connectivity index (χ3n) is 3.33. The molecule has 9 nitrogen and oxygen atoms in total. The second-order valence-corrected chi connectivity index (χ2v) is 4.84. The first-order valence-corrected chi connectivity index (χ1v) is 6.39. The molecular weight excluding hydrogens is 300 g/mol. The molecule has 0 bridgehead atoms. The lowest BCUT2D eigenvalue weighted by Gasteiger charge is -2.36. The van der Waals surface area contributed by atoms with Crippen LogP contribution in [0.4, 0.5) is 0 Å². The molecular formula is C13H16O9. The molecule has 0 aliphatic carbocycles. The predicted octanol–water partition coefficient (Wildman–Crippen LogP) is -1.56. The number of esters is 1. The van der Waals surface area contributed by atoms with Gasteiger partial charge in [0.1, 0.15) is 18.3 Å². The number of aromatic hydroxyl groups is 3. The number of rotatable bonds is 3. The molecule has 1 aliphatic heterocycles. The molecule has 6 N–H and O–H groups in total. The van der Waals surface area contributed by atoms with Crippen molar-refractivity contribution in [3.8, 4) is 17.2 Å². The Morgan fingerprint density at radius 1 is 1.18 bits per heavy atom. The molecule has 1 fully saturated rings. The van der Waals surface area contributed by atoms with Gasteiger partial charge in [0, 0.05) is 0 Å². The van der Waals surface area contributed by atoms with E-state index in [2.05, 4.69) is 0 Å². The Hall–Kier alpha value is -2.07. The van der Waals surface area contributed by atoms with E-state index >= 15 is 0 Å². The Labute approximate surface area is 124 Å². The van der Waals surface area contributed by atoms with Crippen molar-refractivity contribution in [3.63, 3.8) is 0 Å². The number of carbonyl (C=O) groups is 1. The van der Waals surface area contributed by atoms with Crippen LogP contribution >= 0.6 is 0 Å². The normalized spacial score (nSPS) is 28.3. The van der Waals surface area contributed by atoms with Gasteiger partial charge in [-0.05, 0) is 12.1 Å². The highest BCUT2D eigenvalue weighted by atomic mass is 16.6. The lowest BCUT2D eigenvalue weighted by Crippen LogP contribution is -2.55. The van der Waals surface area contributed by atoms with Gasteiger partial charge in [0.25, 0.3) is 0 Å². The van der Waals surface area contributed by atoms with Crippen LogP contribution in [0.2, 0.25) is 0 Å². The van der Waals surface area contributed by atoms with Crippen molar-refractivity contribution in [2.24, 2.45) is 0 Å². The molecule has 9 heteroatoms. The number of hydrogen-bond acceptors (Lipinski definition) is 9. The molecule has 0 aromatic heterocycles. The summed E-state index contributed by atoms with van der Waals surface area (Å²) in [6.45, 7) is -0.746. The molecule has 122 valence electrons. The standard InChI is InChI=1S/C13H16O9/c14-3-8-11(18)12(19)9(4-21-8)22-13(20)5-1-6(15)10(17)7(16)2-5/h1-2,8-9,11-12,14-19H,3-4H2/t8-,9+,11-,12-/m1/s1. The molecule has 4 atom stereocenters. The van der Waals surface area contributed by atoms with Crippen LogP contribution in [0.3, 0.4) is 0 Å². The number of benzene rings is 1. The van der Waals surface area contributed by atoms with Gasteiger partial charge in [0.15, 0.2) is 23.4 Å². The van der Waals surface area contributed by atoms with Crippen molar-refractivity contribution in [2.75, 3.05) is 13.2 Å². The maximum Gasteiger partial charge on any atom is 0.338 e. The fourth-order valence-corrected chi connectivity index (χ4v) is 2.05. The minimum absolute atomic E-state index is 0.245. The van der Waals surface area contributed by atoms with E-state index in [-0.39, 0.29) is 12.2 Å². The van der Waals surface area contributed by atoms with Gasteiger partial charge in [0.05, 0.1) is 18.8 Å². The van der Waals surface area contributed by atoms with Gasteiger partial charge in [-0.1, -0.05) is 0 Å². The van der Waals surface area contributed by atoms with Crippen molar-refractivity contribution < 1.29 is 44.9 Å². The largest absolute Gasteiger partial charge is 0.504 e. The molecule has 0 spiro atoms. The molecule has 1 heterocycles. The summed E-state index contributed by atoms with van der Waals surface area (Å²) in [4.78, 5) is 11.9. The van der Waals surface area contributed by atoms with E-state index in [4.69, 9.17) is 14.6 Å². The summed E-state index contributed by atoms with van der Waals surface area (Å²) in [5.41, 5.74) is -0.265. The van der Waals surface area contributed by atoms with Gasteiger partial charge >= 0.3 is 5.97 Å². The highest BCUT2D eigenvalue weighted by Crippen LogP contribution is 2.35. The van der Waals surface area contributed by atoms with Gasteiger partial charge in [0.2, 0.25) is 0 Å². The van der Waals surface area contributed by atoms with E-state index in [1.807, 2.05) is 0 Å². The quantitative estimate of drug-likeness (QED) is 0.286. The van der Waals surface area contributed by atoms with Crippen LogP contribution in [0, 0.1) is 0 Å². The number of aliphatic hydroxyl groups is 3. The molecule has 0 saturated carbocycles. The number of hydrogen-bond donors (Lipinski definition) is 6. The van der Waals surface area contributed by atoms with Crippen LogP contribution in [0.1, 0.15) is 10.4 Å². The number of phenolic OH excluding ortho intramolecular Hbond substituents is 3. The van der Waals surface area contributed by atoms with Crippen molar-refractivity contribution in [2.45, 2.75) is 24.4 Å². The Kier molecular flexibility index (Phi) is 4.71. The molecule has 2 rings (SSSR count). The minimum atomic E-state index is -1.46. The zero-order valence-electron chi connectivity index (χ0n) is 11.3. The van der Waals surface area contributed by atoms with Crippen molar-refractivity contribution in [3.05, 3.63) is 17.7 Å². The van der Waals surface area contributed by atoms with Crippen LogP contribution < -0.4 is 0 Å². The van der Waals surface area contributed by atoms with Gasteiger partial charge in [-0.25, -0.2) is 4.79 Å². The highest BCUT2D eigenvalue weighted by Gasteiger charge is 2.40. The van der Waals surface area contributed by atoms with E-state index in [1.54, 1.807) is 0 Å². The first kappa shape index (κ1) is 16.3. The van der Waals surface area contributed by atoms with E-state index < -0.39 is 54.2 Å². The second-order valence-electron chi connectivity index (χ2n) is 4.84. The first-order chi connectivity index (χ1) is 10.3. The van der Waals surface area contributed by atoms with E-state index in [9.17, 15) is 30.3 Å². The lowest BCUT2D eigenvalue weighted by atomic mass is 10.0. The summed E-state index contributed by atoms with van der Waals surface area (Å²) in [6, 6.07) is 1.75. The van der Waals surface area contributed by atoms with Crippen LogP contribution in [-0.4, -0.2) is 74.2 Å². The van der Waals surface area contributed by atoms with Crippen molar-refractivity contribution in [1.29, 1.82) is 0 Å². The maximum atomic E-state index is 11.9. The van der Waals surface area contributed by atoms with Crippen LogP contribution in [-0.2, 0) is 9.47 Å². The molecule has 1 aromatic rings. The van der Waals surface area contributed by atoms with Crippen LogP contribution in [0.15, 0.2) is 12.1 Å². The molecule has 22 heavy (non-hydrogen) atoms. The topological polar surface area (TPSA) is 157 Å². The van der Waals surface area contributed by atoms with Gasteiger partial charge in [-0.2, -0.15) is 0 Å². The van der Waals surface area contributed by atoms with Crippen LogP contribution in [0.5, 0.6) is 17.2 Å². The molecule has 0 radical (unpaired) electrons. The Morgan fingerprint density at radius 3 is 2.32 bits per heavy atom. The third kappa shape index (κ3) is 3.07. The van der Waals surface area contributed by atoms with E-state index in [1.165, 1.54) is 0 Å². The number of ether oxygens (including phenoxy) is 2.